The molecule has 0 aliphatic carbocycles. The number of para-hydroxylation sites is 1. The van der Waals surface area contributed by atoms with Crippen molar-refractivity contribution in [3.63, 3.8) is 0 Å². The fraction of sp³-hybridized carbons (Fsp3) is 0.500. The van der Waals surface area contributed by atoms with Gasteiger partial charge in [0.1, 0.15) is 5.52 Å². The number of hydrogen-bond acceptors (Lipinski definition) is 6. The first-order valence-corrected chi connectivity index (χ1v) is 7.02. The highest BCUT2D eigenvalue weighted by molar-refractivity contribution is 5.86. The highest BCUT2D eigenvalue weighted by atomic mass is 16.5. The van der Waals surface area contributed by atoms with Crippen LogP contribution in [0.5, 0.6) is 0 Å². The molecule has 2 heterocycles. The molecule has 1 aromatic carbocycles. The van der Waals surface area contributed by atoms with Crippen LogP contribution in [0.25, 0.3) is 11.1 Å². The van der Waals surface area contributed by atoms with Crippen molar-refractivity contribution in [1.82, 2.24) is 9.88 Å². The molecule has 0 spiro atoms. The Morgan fingerprint density at radius 3 is 2.95 bits per heavy atom. The molecule has 0 atom stereocenters. The quantitative estimate of drug-likeness (QED) is 0.637. The van der Waals surface area contributed by atoms with Crippen molar-refractivity contribution in [2.75, 3.05) is 50.4 Å². The molecule has 0 saturated carbocycles. The van der Waals surface area contributed by atoms with E-state index >= 15 is 0 Å². The molecular weight excluding hydrogens is 256 g/mol. The third kappa shape index (κ3) is 3.02. The van der Waals surface area contributed by atoms with Gasteiger partial charge in [0.2, 0.25) is 0 Å². The average Bonchev–Trinajstić information content (AvgIpc) is 2.89. The van der Waals surface area contributed by atoms with Crippen molar-refractivity contribution >= 4 is 22.8 Å². The molecule has 2 aromatic rings. The van der Waals surface area contributed by atoms with Crippen LogP contribution < -0.4 is 11.1 Å². The maximum absolute atomic E-state index is 5.85. The molecule has 1 fully saturated rings. The molecule has 0 unspecified atom stereocenters. The summed E-state index contributed by atoms with van der Waals surface area (Å²) in [6, 6.07) is 6.11. The van der Waals surface area contributed by atoms with Crippen LogP contribution in [-0.2, 0) is 4.74 Å². The fourth-order valence-electron chi connectivity index (χ4n) is 2.37. The SMILES string of the molecule is Nc1cccc2oc(NCCCN3CCOCC3)nc12. The lowest BCUT2D eigenvalue weighted by atomic mass is 10.3. The van der Waals surface area contributed by atoms with Gasteiger partial charge in [0.05, 0.1) is 18.9 Å². The van der Waals surface area contributed by atoms with Gasteiger partial charge in [-0.3, -0.25) is 4.90 Å². The number of nitrogens with one attached hydrogen (secondary N) is 1. The number of nitrogens with two attached hydrogens (primary N) is 1. The van der Waals surface area contributed by atoms with Gasteiger partial charge in [0.15, 0.2) is 5.58 Å². The Balaban J connectivity index is 1.48. The Labute approximate surface area is 117 Å². The number of oxazole rings is 1. The lowest BCUT2D eigenvalue weighted by Gasteiger charge is -2.26. The Morgan fingerprint density at radius 2 is 2.15 bits per heavy atom. The largest absolute Gasteiger partial charge is 0.423 e. The predicted molar refractivity (Wildman–Crippen MR) is 78.8 cm³/mol. The smallest absolute Gasteiger partial charge is 0.295 e. The van der Waals surface area contributed by atoms with Crippen LogP contribution in [0.3, 0.4) is 0 Å². The molecule has 0 radical (unpaired) electrons. The van der Waals surface area contributed by atoms with Crippen molar-refractivity contribution < 1.29 is 9.15 Å². The maximum Gasteiger partial charge on any atom is 0.295 e. The first-order chi connectivity index (χ1) is 9.83. The second-order valence-electron chi connectivity index (χ2n) is 4.95. The summed E-state index contributed by atoms with van der Waals surface area (Å²) in [5, 5.41) is 3.21. The van der Waals surface area contributed by atoms with E-state index in [-0.39, 0.29) is 0 Å². The minimum absolute atomic E-state index is 0.542. The van der Waals surface area contributed by atoms with Gasteiger partial charge in [0.25, 0.3) is 6.01 Å². The number of morpholine rings is 1. The topological polar surface area (TPSA) is 76.5 Å². The third-order valence-electron chi connectivity index (χ3n) is 3.48. The minimum atomic E-state index is 0.542. The first-order valence-electron chi connectivity index (χ1n) is 7.02. The van der Waals surface area contributed by atoms with Crippen LogP contribution in [0.4, 0.5) is 11.7 Å². The van der Waals surface area contributed by atoms with Gasteiger partial charge in [-0.1, -0.05) is 6.07 Å². The van der Waals surface area contributed by atoms with Gasteiger partial charge < -0.3 is 20.2 Å². The second kappa shape index (κ2) is 6.11. The summed E-state index contributed by atoms with van der Waals surface area (Å²) >= 11 is 0. The molecule has 1 aliphatic rings. The number of fused-ring (bicyclic) bond motifs is 1. The van der Waals surface area contributed by atoms with Crippen LogP contribution in [-0.4, -0.2) is 49.3 Å². The standard InChI is InChI=1S/C14H20N4O2/c15-11-3-1-4-12-13(11)17-14(20-12)16-5-2-6-18-7-9-19-10-8-18/h1,3-4H,2,5-10,15H2,(H,16,17). The van der Waals surface area contributed by atoms with E-state index in [1.165, 1.54) is 0 Å². The molecule has 6 nitrogen and oxygen atoms in total. The van der Waals surface area contributed by atoms with Crippen molar-refractivity contribution in [2.24, 2.45) is 0 Å². The molecule has 6 heteroatoms. The van der Waals surface area contributed by atoms with Crippen LogP contribution in [0.15, 0.2) is 22.6 Å². The Hall–Kier alpha value is -1.79. The maximum atomic E-state index is 5.85. The van der Waals surface area contributed by atoms with Gasteiger partial charge in [-0.05, 0) is 25.1 Å². The summed E-state index contributed by atoms with van der Waals surface area (Å²) in [5.41, 5.74) is 7.95. The fourth-order valence-corrected chi connectivity index (χ4v) is 2.37. The molecule has 20 heavy (non-hydrogen) atoms. The van der Waals surface area contributed by atoms with Crippen LogP contribution in [0.2, 0.25) is 0 Å². The van der Waals surface area contributed by atoms with E-state index < -0.39 is 0 Å². The number of nitrogen functional groups attached to an aromatic ring is 1. The van der Waals surface area contributed by atoms with E-state index in [9.17, 15) is 0 Å². The number of rotatable bonds is 5. The number of anilines is 2. The van der Waals surface area contributed by atoms with E-state index in [1.54, 1.807) is 0 Å². The number of aromatic nitrogens is 1. The molecule has 3 rings (SSSR count). The predicted octanol–water partition coefficient (Wildman–Crippen LogP) is 1.54. The van der Waals surface area contributed by atoms with Gasteiger partial charge in [0, 0.05) is 19.6 Å². The summed E-state index contributed by atoms with van der Waals surface area (Å²) in [6.45, 7) is 5.65. The zero-order chi connectivity index (χ0) is 13.8. The zero-order valence-electron chi connectivity index (χ0n) is 11.5. The Morgan fingerprint density at radius 1 is 1.30 bits per heavy atom. The number of benzene rings is 1. The van der Waals surface area contributed by atoms with Gasteiger partial charge in [-0.15, -0.1) is 0 Å². The highest BCUT2D eigenvalue weighted by Gasteiger charge is 2.10. The minimum Gasteiger partial charge on any atom is -0.423 e. The summed E-state index contributed by atoms with van der Waals surface area (Å²) < 4.78 is 10.9. The third-order valence-corrected chi connectivity index (χ3v) is 3.48. The van der Waals surface area contributed by atoms with E-state index in [0.717, 1.165) is 56.9 Å². The normalized spacial score (nSPS) is 16.6. The zero-order valence-corrected chi connectivity index (χ0v) is 11.5. The molecule has 3 N–H and O–H groups in total. The Bertz CT molecular complexity index is 563. The summed E-state index contributed by atoms with van der Waals surface area (Å²) in [5.74, 6) is 0. The number of hydrogen-bond donors (Lipinski definition) is 2. The second-order valence-corrected chi connectivity index (χ2v) is 4.95. The lowest BCUT2D eigenvalue weighted by Crippen LogP contribution is -2.37. The molecule has 1 saturated heterocycles. The van der Waals surface area contributed by atoms with Gasteiger partial charge in [-0.25, -0.2) is 0 Å². The summed E-state index contributed by atoms with van der Waals surface area (Å²) in [6.07, 6.45) is 1.05. The van der Waals surface area contributed by atoms with Gasteiger partial charge in [-0.2, -0.15) is 4.98 Å². The van der Waals surface area contributed by atoms with E-state index in [2.05, 4.69) is 15.2 Å². The Kier molecular flexibility index (Phi) is 4.03. The first kappa shape index (κ1) is 13.2. The summed E-state index contributed by atoms with van der Waals surface area (Å²) in [4.78, 5) is 6.77. The van der Waals surface area contributed by atoms with Crippen molar-refractivity contribution in [3.05, 3.63) is 18.2 Å². The van der Waals surface area contributed by atoms with Gasteiger partial charge >= 0.3 is 0 Å². The highest BCUT2D eigenvalue weighted by Crippen LogP contribution is 2.23. The van der Waals surface area contributed by atoms with Crippen LogP contribution in [0.1, 0.15) is 6.42 Å². The molecular formula is C14H20N4O2. The van der Waals surface area contributed by atoms with E-state index in [4.69, 9.17) is 14.9 Å². The molecule has 1 aromatic heterocycles. The average molecular weight is 276 g/mol. The van der Waals surface area contributed by atoms with E-state index in [0.29, 0.717) is 11.7 Å². The number of ether oxygens (including phenoxy) is 1. The van der Waals surface area contributed by atoms with Crippen LogP contribution in [0, 0.1) is 0 Å². The number of nitrogens with zero attached hydrogens (tertiary/aromatic N) is 2. The van der Waals surface area contributed by atoms with Crippen molar-refractivity contribution in [3.8, 4) is 0 Å². The molecule has 0 amide bonds. The monoisotopic (exact) mass is 276 g/mol. The van der Waals surface area contributed by atoms with Crippen molar-refractivity contribution in [1.29, 1.82) is 0 Å². The molecule has 0 bridgehead atoms. The molecule has 108 valence electrons. The summed E-state index contributed by atoms with van der Waals surface area (Å²) in [7, 11) is 0. The van der Waals surface area contributed by atoms with Crippen molar-refractivity contribution in [2.45, 2.75) is 6.42 Å². The van der Waals surface area contributed by atoms with Crippen LogP contribution >= 0.6 is 0 Å². The molecule has 1 aliphatic heterocycles. The lowest BCUT2D eigenvalue weighted by molar-refractivity contribution is 0.0378. The van der Waals surface area contributed by atoms with E-state index in [1.807, 2.05) is 18.2 Å².